The van der Waals surface area contributed by atoms with Crippen LogP contribution in [0.3, 0.4) is 0 Å². The molecule has 0 radical (unpaired) electrons. The zero-order valence-electron chi connectivity index (χ0n) is 14.5. The van der Waals surface area contributed by atoms with E-state index in [0.29, 0.717) is 29.4 Å². The zero-order valence-corrected chi connectivity index (χ0v) is 16.1. The SMILES string of the molecule is COc1cc2c(cc1OCCCCCBr)NC(=O)[C@@H]1CC(=O)CN1C2=O. The minimum absolute atomic E-state index is 0.0372. The van der Waals surface area contributed by atoms with Gasteiger partial charge in [-0.3, -0.25) is 14.4 Å². The molecule has 0 aliphatic carbocycles. The zero-order chi connectivity index (χ0) is 18.7. The van der Waals surface area contributed by atoms with Crippen LogP contribution in [0.1, 0.15) is 36.0 Å². The van der Waals surface area contributed by atoms with Crippen molar-refractivity contribution in [3.63, 3.8) is 0 Å². The summed E-state index contributed by atoms with van der Waals surface area (Å²) in [6.45, 7) is 0.484. The second-order valence-electron chi connectivity index (χ2n) is 6.33. The standard InChI is InChI=1S/C18H21BrN2O5/c1-25-15-8-12-13(9-16(15)26-6-4-2-3-5-19)20-17(23)14-7-11(22)10-21(14)18(12)24/h8-9,14H,2-7,10H2,1H3,(H,20,23)/t14-/m0/s1. The third kappa shape index (κ3) is 3.70. The molecular formula is C18H21BrN2O5. The van der Waals surface area contributed by atoms with E-state index in [1.165, 1.54) is 12.0 Å². The summed E-state index contributed by atoms with van der Waals surface area (Å²) in [4.78, 5) is 38.2. The summed E-state index contributed by atoms with van der Waals surface area (Å²) in [6, 6.07) is 2.44. The van der Waals surface area contributed by atoms with E-state index in [4.69, 9.17) is 9.47 Å². The van der Waals surface area contributed by atoms with Gasteiger partial charge in [-0.05, 0) is 25.3 Å². The van der Waals surface area contributed by atoms with Gasteiger partial charge in [0.05, 0.1) is 31.5 Å². The van der Waals surface area contributed by atoms with Crippen molar-refractivity contribution in [2.24, 2.45) is 0 Å². The molecule has 1 atom stereocenters. The number of ketones is 1. The molecule has 0 aromatic heterocycles. The highest BCUT2D eigenvalue weighted by Gasteiger charge is 2.42. The van der Waals surface area contributed by atoms with Gasteiger partial charge in [-0.1, -0.05) is 15.9 Å². The third-order valence-corrected chi connectivity index (χ3v) is 5.10. The van der Waals surface area contributed by atoms with Crippen molar-refractivity contribution in [2.45, 2.75) is 31.7 Å². The lowest BCUT2D eigenvalue weighted by atomic mass is 10.1. The maximum absolute atomic E-state index is 12.8. The number of halogens is 1. The highest BCUT2D eigenvalue weighted by molar-refractivity contribution is 9.09. The first-order valence-corrected chi connectivity index (χ1v) is 9.71. The molecule has 2 aliphatic heterocycles. The van der Waals surface area contributed by atoms with Gasteiger partial charge in [0.2, 0.25) is 5.91 Å². The Hall–Kier alpha value is -2.09. The lowest BCUT2D eigenvalue weighted by molar-refractivity contribution is -0.121. The van der Waals surface area contributed by atoms with E-state index in [1.54, 1.807) is 12.1 Å². The molecule has 26 heavy (non-hydrogen) atoms. The van der Waals surface area contributed by atoms with Crippen LogP contribution in [0, 0.1) is 0 Å². The molecule has 0 bridgehead atoms. The largest absolute Gasteiger partial charge is 0.493 e. The fourth-order valence-electron chi connectivity index (χ4n) is 3.18. The van der Waals surface area contributed by atoms with Crippen molar-refractivity contribution in [2.75, 3.05) is 30.9 Å². The van der Waals surface area contributed by atoms with Crippen LogP contribution < -0.4 is 14.8 Å². The Kier molecular flexibility index (Phi) is 5.80. The Labute approximate surface area is 160 Å². The Morgan fingerprint density at radius 1 is 1.19 bits per heavy atom. The van der Waals surface area contributed by atoms with Crippen LogP contribution in [-0.4, -0.2) is 54.1 Å². The minimum atomic E-state index is -0.748. The fraction of sp³-hybridized carbons (Fsp3) is 0.500. The fourth-order valence-corrected chi connectivity index (χ4v) is 3.57. The molecule has 1 saturated heterocycles. The van der Waals surface area contributed by atoms with E-state index in [0.717, 1.165) is 24.6 Å². The number of carbonyl (C=O) groups excluding carboxylic acids is 3. The highest BCUT2D eigenvalue weighted by atomic mass is 79.9. The van der Waals surface area contributed by atoms with Crippen molar-refractivity contribution in [3.05, 3.63) is 17.7 Å². The Morgan fingerprint density at radius 2 is 2.00 bits per heavy atom. The number of Topliss-reactive ketones (excluding diaryl/α,β-unsaturated/α-hetero) is 1. The molecule has 140 valence electrons. The molecule has 0 spiro atoms. The van der Waals surface area contributed by atoms with Crippen LogP contribution in [0.15, 0.2) is 12.1 Å². The molecule has 8 heteroatoms. The van der Waals surface area contributed by atoms with Gasteiger partial charge < -0.3 is 19.7 Å². The molecule has 2 heterocycles. The van der Waals surface area contributed by atoms with Crippen LogP contribution in [0.2, 0.25) is 0 Å². The van der Waals surface area contributed by atoms with Crippen LogP contribution >= 0.6 is 15.9 Å². The van der Waals surface area contributed by atoms with Gasteiger partial charge in [0, 0.05) is 17.8 Å². The van der Waals surface area contributed by atoms with E-state index >= 15 is 0 Å². The van der Waals surface area contributed by atoms with E-state index < -0.39 is 6.04 Å². The molecular weight excluding hydrogens is 404 g/mol. The van der Waals surface area contributed by atoms with Gasteiger partial charge in [0.1, 0.15) is 6.04 Å². The maximum atomic E-state index is 12.8. The molecule has 1 fully saturated rings. The molecule has 1 N–H and O–H groups in total. The maximum Gasteiger partial charge on any atom is 0.257 e. The van der Waals surface area contributed by atoms with Crippen molar-refractivity contribution in [1.82, 2.24) is 4.90 Å². The number of hydrogen-bond donors (Lipinski definition) is 1. The number of benzene rings is 1. The van der Waals surface area contributed by atoms with Gasteiger partial charge >= 0.3 is 0 Å². The molecule has 1 aromatic carbocycles. The summed E-state index contributed by atoms with van der Waals surface area (Å²) in [7, 11) is 1.50. The second-order valence-corrected chi connectivity index (χ2v) is 7.12. The molecule has 0 unspecified atom stereocenters. The molecule has 2 aliphatic rings. The number of anilines is 1. The Morgan fingerprint density at radius 3 is 2.73 bits per heavy atom. The Bertz CT molecular complexity index is 737. The second kappa shape index (κ2) is 8.07. The van der Waals surface area contributed by atoms with Crippen molar-refractivity contribution in [1.29, 1.82) is 0 Å². The first kappa shape index (κ1) is 18.7. The lowest BCUT2D eigenvalue weighted by Crippen LogP contribution is -2.40. The molecule has 1 aromatic rings. The molecule has 7 nitrogen and oxygen atoms in total. The summed E-state index contributed by atoms with van der Waals surface area (Å²) in [6.07, 6.45) is 3.07. The topological polar surface area (TPSA) is 84.9 Å². The quantitative estimate of drug-likeness (QED) is 0.536. The molecule has 3 rings (SSSR count). The number of hydrogen-bond acceptors (Lipinski definition) is 5. The molecule has 0 saturated carbocycles. The first-order valence-electron chi connectivity index (χ1n) is 8.59. The van der Waals surface area contributed by atoms with E-state index in [-0.39, 0.29) is 30.6 Å². The number of carbonyl (C=O) groups is 3. The van der Waals surface area contributed by atoms with E-state index in [9.17, 15) is 14.4 Å². The predicted octanol–water partition coefficient (Wildman–Crippen LogP) is 2.37. The van der Waals surface area contributed by atoms with E-state index in [2.05, 4.69) is 21.2 Å². The number of methoxy groups -OCH3 is 1. The average molecular weight is 425 g/mol. The van der Waals surface area contributed by atoms with Crippen LogP contribution in [0.25, 0.3) is 0 Å². The van der Waals surface area contributed by atoms with Crippen LogP contribution in [0.4, 0.5) is 5.69 Å². The number of fused-ring (bicyclic) bond motifs is 2. The smallest absolute Gasteiger partial charge is 0.257 e. The average Bonchev–Trinajstić information content (AvgIpc) is 2.99. The summed E-state index contributed by atoms with van der Waals surface area (Å²) >= 11 is 3.40. The number of alkyl halides is 1. The van der Waals surface area contributed by atoms with Gasteiger partial charge in [-0.25, -0.2) is 0 Å². The summed E-state index contributed by atoms with van der Waals surface area (Å²) in [5.74, 6) is 0.0947. The first-order chi connectivity index (χ1) is 12.5. The monoisotopic (exact) mass is 424 g/mol. The number of ether oxygens (including phenoxy) is 2. The predicted molar refractivity (Wildman–Crippen MR) is 99.2 cm³/mol. The van der Waals surface area contributed by atoms with Crippen molar-refractivity contribution >= 4 is 39.2 Å². The van der Waals surface area contributed by atoms with Gasteiger partial charge in [-0.2, -0.15) is 0 Å². The van der Waals surface area contributed by atoms with Crippen molar-refractivity contribution in [3.8, 4) is 11.5 Å². The summed E-state index contributed by atoms with van der Waals surface area (Å²) in [5.41, 5.74) is 0.692. The number of nitrogens with one attached hydrogen (secondary N) is 1. The van der Waals surface area contributed by atoms with Gasteiger partial charge in [0.25, 0.3) is 5.91 Å². The number of nitrogens with zero attached hydrogens (tertiary/aromatic N) is 1. The van der Waals surface area contributed by atoms with Crippen molar-refractivity contribution < 1.29 is 23.9 Å². The van der Waals surface area contributed by atoms with Crippen LogP contribution in [0.5, 0.6) is 11.5 Å². The summed E-state index contributed by atoms with van der Waals surface area (Å²) < 4.78 is 11.1. The third-order valence-electron chi connectivity index (χ3n) is 4.54. The lowest BCUT2D eigenvalue weighted by Gasteiger charge is -2.19. The van der Waals surface area contributed by atoms with Crippen LogP contribution in [-0.2, 0) is 9.59 Å². The number of rotatable bonds is 7. The highest BCUT2D eigenvalue weighted by Crippen LogP contribution is 2.37. The molecule has 2 amide bonds. The van der Waals surface area contributed by atoms with Gasteiger partial charge in [0.15, 0.2) is 17.3 Å². The minimum Gasteiger partial charge on any atom is -0.493 e. The Balaban J connectivity index is 1.85. The number of amides is 2. The van der Waals surface area contributed by atoms with E-state index in [1.807, 2.05) is 0 Å². The summed E-state index contributed by atoms with van der Waals surface area (Å²) in [5, 5.41) is 3.71. The number of unbranched alkanes of at least 4 members (excludes halogenated alkanes) is 2. The van der Waals surface area contributed by atoms with Gasteiger partial charge in [-0.15, -0.1) is 0 Å². The normalized spacial score (nSPS) is 18.9.